The lowest BCUT2D eigenvalue weighted by Crippen LogP contribution is -2.56. The molecule has 2 aromatic carbocycles. The van der Waals surface area contributed by atoms with E-state index in [1.165, 1.54) is 24.5 Å². The van der Waals surface area contributed by atoms with E-state index in [-0.39, 0.29) is 36.0 Å². The Bertz CT molecular complexity index is 1310. The number of carboxylic acids is 1. The molecule has 0 aliphatic rings. The molecule has 9 nitrogen and oxygen atoms in total. The molecule has 0 bridgehead atoms. The number of carboxylic acid groups (broad SMARTS) is 1. The number of aliphatic carboxylic acids is 1. The number of carbonyl (C=O) groups excluding carboxylic acids is 1. The molecule has 1 unspecified atom stereocenters. The maximum Gasteiger partial charge on any atom is 0.413 e. The fourth-order valence-electron chi connectivity index (χ4n) is 3.87. The van der Waals surface area contributed by atoms with Crippen molar-refractivity contribution in [3.63, 3.8) is 0 Å². The number of aromatic nitrogens is 2. The first-order valence-electron chi connectivity index (χ1n) is 11.5. The zero-order chi connectivity index (χ0) is 27.7. The van der Waals surface area contributed by atoms with Gasteiger partial charge < -0.3 is 15.2 Å². The van der Waals surface area contributed by atoms with Crippen LogP contribution in [0.25, 0.3) is 11.1 Å². The average Bonchev–Trinajstić information content (AvgIpc) is 3.39. The predicted molar refractivity (Wildman–Crippen MR) is 138 cm³/mol. The molecule has 2 atom stereocenters. The van der Waals surface area contributed by atoms with E-state index in [4.69, 9.17) is 22.2 Å². The maximum absolute atomic E-state index is 12.9. The van der Waals surface area contributed by atoms with Gasteiger partial charge in [0.1, 0.15) is 6.61 Å². The van der Waals surface area contributed by atoms with Gasteiger partial charge in [-0.25, -0.2) is 14.3 Å². The minimum atomic E-state index is -2.79. The van der Waals surface area contributed by atoms with E-state index >= 15 is 0 Å². The van der Waals surface area contributed by atoms with Crippen LogP contribution < -0.4 is 10.6 Å². The number of amides is 1. The summed E-state index contributed by atoms with van der Waals surface area (Å²) in [7, 11) is 0. The van der Waals surface area contributed by atoms with Crippen LogP contribution in [-0.2, 0) is 21.7 Å². The Morgan fingerprint density at radius 3 is 2.45 bits per heavy atom. The monoisotopic (exact) mass is 541 g/mol. The van der Waals surface area contributed by atoms with Crippen LogP contribution in [0.3, 0.4) is 0 Å². The summed E-state index contributed by atoms with van der Waals surface area (Å²) in [6, 6.07) is 17.2. The number of carbonyl (C=O) groups is 2. The highest BCUT2D eigenvalue weighted by Crippen LogP contribution is 2.32. The van der Waals surface area contributed by atoms with E-state index in [9.17, 15) is 23.5 Å². The molecule has 3 aromatic rings. The first-order chi connectivity index (χ1) is 18.1. The maximum atomic E-state index is 12.9. The van der Waals surface area contributed by atoms with Gasteiger partial charge in [0.05, 0.1) is 12.3 Å². The Hall–Kier alpha value is -4.37. The topological polar surface area (TPSA) is 129 Å². The Kier molecular flexibility index (Phi) is 9.45. The van der Waals surface area contributed by atoms with E-state index in [1.54, 1.807) is 43.3 Å². The van der Waals surface area contributed by atoms with Crippen molar-refractivity contribution in [1.29, 1.82) is 5.26 Å². The number of thiocarbonyl (C=S) groups is 1. The van der Waals surface area contributed by atoms with Crippen LogP contribution in [0.1, 0.15) is 37.4 Å². The number of nitriles is 1. The summed E-state index contributed by atoms with van der Waals surface area (Å²) in [5, 5.41) is 27.9. The number of nitrogens with zero attached hydrogens (tertiary/aromatic N) is 3. The van der Waals surface area contributed by atoms with E-state index in [2.05, 4.69) is 15.7 Å². The highest BCUT2D eigenvalue weighted by molar-refractivity contribution is 7.80. The molecule has 198 valence electrons. The van der Waals surface area contributed by atoms with E-state index < -0.39 is 24.2 Å². The third-order valence-electron chi connectivity index (χ3n) is 5.73. The first kappa shape index (κ1) is 28.2. The largest absolute Gasteiger partial charge is 0.479 e. The summed E-state index contributed by atoms with van der Waals surface area (Å²) >= 11 is 5.24. The Morgan fingerprint density at radius 1 is 1.18 bits per heavy atom. The van der Waals surface area contributed by atoms with Gasteiger partial charge in [-0.15, -0.1) is 0 Å². The molecule has 1 amide bonds. The normalized spacial score (nSPS) is 13.1. The zero-order valence-electron chi connectivity index (χ0n) is 20.3. The van der Waals surface area contributed by atoms with Gasteiger partial charge in [0.25, 0.3) is 0 Å². The number of rotatable bonds is 10. The minimum absolute atomic E-state index is 0.0117. The number of alkyl carbamates (subject to hydrolysis) is 1. The van der Waals surface area contributed by atoms with Crippen LogP contribution in [0.4, 0.5) is 13.6 Å². The summed E-state index contributed by atoms with van der Waals surface area (Å²) in [6.45, 7) is -1.08. The summed E-state index contributed by atoms with van der Waals surface area (Å²) in [5.41, 5.74) is 0.177. The van der Waals surface area contributed by atoms with Crippen molar-refractivity contribution in [1.82, 2.24) is 20.4 Å². The van der Waals surface area contributed by atoms with Crippen molar-refractivity contribution in [2.24, 2.45) is 5.92 Å². The van der Waals surface area contributed by atoms with E-state index in [1.807, 2.05) is 12.1 Å². The number of benzene rings is 2. The number of hydrogen-bond donors (Lipinski definition) is 3. The molecule has 12 heteroatoms. The molecule has 0 saturated carbocycles. The Balaban J connectivity index is 1.83. The lowest BCUT2D eigenvalue weighted by atomic mass is 9.80. The average molecular weight is 542 g/mol. The molecule has 0 fully saturated rings. The molecule has 3 N–H and O–H groups in total. The molecule has 0 aliphatic carbocycles. The van der Waals surface area contributed by atoms with Gasteiger partial charge in [-0.05, 0) is 41.2 Å². The number of hydrogen-bond acceptors (Lipinski definition) is 6. The van der Waals surface area contributed by atoms with Crippen molar-refractivity contribution >= 4 is 29.4 Å². The second-order valence-corrected chi connectivity index (χ2v) is 9.00. The molecular formula is C26H25F2N5O4S. The van der Waals surface area contributed by atoms with Crippen LogP contribution in [0.15, 0.2) is 67.0 Å². The Morgan fingerprint density at radius 2 is 1.87 bits per heavy atom. The van der Waals surface area contributed by atoms with E-state index in [0.29, 0.717) is 15.8 Å². The van der Waals surface area contributed by atoms with Crippen molar-refractivity contribution < 1.29 is 28.2 Å². The molecule has 0 spiro atoms. The predicted octanol–water partition coefficient (Wildman–Crippen LogP) is 4.97. The second-order valence-electron chi connectivity index (χ2n) is 8.59. The zero-order valence-corrected chi connectivity index (χ0v) is 21.1. The highest BCUT2D eigenvalue weighted by atomic mass is 32.1. The van der Waals surface area contributed by atoms with Crippen LogP contribution in [0.5, 0.6) is 0 Å². The smallest absolute Gasteiger partial charge is 0.413 e. The number of alkyl halides is 2. The van der Waals surface area contributed by atoms with Gasteiger partial charge in [0.2, 0.25) is 0 Å². The lowest BCUT2D eigenvalue weighted by Gasteiger charge is -2.34. The van der Waals surface area contributed by atoms with Gasteiger partial charge in [0, 0.05) is 18.2 Å². The van der Waals surface area contributed by atoms with Crippen LogP contribution in [0, 0.1) is 17.2 Å². The standard InChI is InChI=1S/C26H25F2N5O4S/c1-17(11-12-29)13-26(22(34)35,32-24(38)31-25(36)37-16-18-5-3-2-4-6-18)21-9-7-19(8-10-21)20-14-30-33(15-20)23(27)28/h2-10,14-15,17,23H,11,13,16H2,1H3,(H,34,35)(H2,31,32,36,38)/t17?,26-/m1/s1. The molecular weight excluding hydrogens is 516 g/mol. The minimum Gasteiger partial charge on any atom is -0.479 e. The van der Waals surface area contributed by atoms with Crippen molar-refractivity contribution in [3.8, 4) is 17.2 Å². The molecule has 38 heavy (non-hydrogen) atoms. The van der Waals surface area contributed by atoms with E-state index in [0.717, 1.165) is 5.56 Å². The lowest BCUT2D eigenvalue weighted by molar-refractivity contribution is -0.145. The molecule has 0 aliphatic heterocycles. The first-order valence-corrected chi connectivity index (χ1v) is 11.9. The quantitative estimate of drug-likeness (QED) is 0.307. The fraction of sp³-hybridized carbons (Fsp3) is 0.269. The number of halogens is 2. The summed E-state index contributed by atoms with van der Waals surface area (Å²) in [5.74, 6) is -1.65. The number of ether oxygens (including phenoxy) is 1. The van der Waals surface area contributed by atoms with Crippen molar-refractivity contribution in [2.75, 3.05) is 0 Å². The van der Waals surface area contributed by atoms with Crippen molar-refractivity contribution in [3.05, 3.63) is 78.1 Å². The molecule has 3 rings (SSSR count). The Labute approximate surface area is 223 Å². The third kappa shape index (κ3) is 7.10. The van der Waals surface area contributed by atoms with Crippen LogP contribution >= 0.6 is 12.2 Å². The molecule has 1 heterocycles. The number of nitrogens with one attached hydrogen (secondary N) is 2. The molecule has 0 radical (unpaired) electrons. The molecule has 0 saturated heterocycles. The van der Waals surface area contributed by atoms with Gasteiger partial charge in [-0.3, -0.25) is 5.32 Å². The second kappa shape index (κ2) is 12.7. The SMILES string of the molecule is CC(CC#N)C[C@](NC(=S)NC(=O)OCc1ccccc1)(C(=O)O)c1ccc(-c2cnn(C(F)F)c2)cc1. The molecule has 1 aromatic heterocycles. The van der Waals surface area contributed by atoms with Gasteiger partial charge in [0.15, 0.2) is 10.7 Å². The summed E-state index contributed by atoms with van der Waals surface area (Å²) in [4.78, 5) is 25.0. The summed E-state index contributed by atoms with van der Waals surface area (Å²) in [6.07, 6.45) is 1.62. The van der Waals surface area contributed by atoms with Crippen molar-refractivity contribution in [2.45, 2.75) is 38.5 Å². The van der Waals surface area contributed by atoms with Gasteiger partial charge in [-0.1, -0.05) is 61.5 Å². The summed E-state index contributed by atoms with van der Waals surface area (Å²) < 4.78 is 31.4. The fourth-order valence-corrected chi connectivity index (χ4v) is 4.13. The highest BCUT2D eigenvalue weighted by Gasteiger charge is 2.42. The van der Waals surface area contributed by atoms with Crippen LogP contribution in [0.2, 0.25) is 0 Å². The van der Waals surface area contributed by atoms with Gasteiger partial charge in [-0.2, -0.15) is 19.1 Å². The third-order valence-corrected chi connectivity index (χ3v) is 5.93. The van der Waals surface area contributed by atoms with Gasteiger partial charge >= 0.3 is 18.6 Å². The van der Waals surface area contributed by atoms with Crippen LogP contribution in [-0.4, -0.2) is 32.1 Å².